The van der Waals surface area contributed by atoms with Crippen molar-refractivity contribution in [3.05, 3.63) is 30.1 Å². The molecule has 0 spiro atoms. The average molecular weight is 240 g/mol. The lowest BCUT2D eigenvalue weighted by molar-refractivity contribution is 0.431. The van der Waals surface area contributed by atoms with E-state index in [1.54, 1.807) is 29.1 Å². The van der Waals surface area contributed by atoms with Crippen LogP contribution in [0.5, 0.6) is 0 Å². The van der Waals surface area contributed by atoms with Gasteiger partial charge in [-0.2, -0.15) is 15.3 Å². The second kappa shape index (κ2) is 3.85. The van der Waals surface area contributed by atoms with Crippen LogP contribution < -0.4 is 0 Å². The summed E-state index contributed by atoms with van der Waals surface area (Å²) in [5.41, 5.74) is 1.70. The first-order valence-corrected chi connectivity index (χ1v) is 5.19. The standard InChI is InChI=1S/C11H8N6O/c1-17-5-4-8(15-17)10-14-11(18-16-10)9-3-2-7(6-12)13-9/h2-5,13H,1H3. The van der Waals surface area contributed by atoms with E-state index >= 15 is 0 Å². The molecule has 0 aliphatic rings. The lowest BCUT2D eigenvalue weighted by Crippen LogP contribution is -1.88. The molecular formula is C11H8N6O. The highest BCUT2D eigenvalue weighted by Gasteiger charge is 2.13. The maximum absolute atomic E-state index is 8.72. The number of nitrogens with zero attached hydrogens (tertiary/aromatic N) is 5. The van der Waals surface area contributed by atoms with Gasteiger partial charge in [-0.05, 0) is 18.2 Å². The Hall–Kier alpha value is -2.88. The van der Waals surface area contributed by atoms with Crippen LogP contribution in [0.3, 0.4) is 0 Å². The molecule has 18 heavy (non-hydrogen) atoms. The molecule has 88 valence electrons. The zero-order chi connectivity index (χ0) is 12.5. The molecule has 0 unspecified atom stereocenters. The van der Waals surface area contributed by atoms with E-state index in [4.69, 9.17) is 9.78 Å². The first kappa shape index (κ1) is 10.3. The van der Waals surface area contributed by atoms with E-state index in [0.717, 1.165) is 0 Å². The van der Waals surface area contributed by atoms with Crippen LogP contribution in [0.1, 0.15) is 5.69 Å². The first-order valence-electron chi connectivity index (χ1n) is 5.19. The summed E-state index contributed by atoms with van der Waals surface area (Å²) in [6.07, 6.45) is 1.80. The topological polar surface area (TPSA) is 96.3 Å². The number of aryl methyl sites for hydroxylation is 1. The van der Waals surface area contributed by atoms with Gasteiger partial charge in [0.15, 0.2) is 0 Å². The fourth-order valence-electron chi connectivity index (χ4n) is 1.56. The van der Waals surface area contributed by atoms with E-state index in [2.05, 4.69) is 20.2 Å². The molecule has 0 saturated heterocycles. The molecule has 7 heteroatoms. The molecule has 0 fully saturated rings. The minimum Gasteiger partial charge on any atom is -0.342 e. The van der Waals surface area contributed by atoms with Gasteiger partial charge in [0, 0.05) is 13.2 Å². The minimum absolute atomic E-state index is 0.331. The molecule has 0 saturated carbocycles. The van der Waals surface area contributed by atoms with Gasteiger partial charge in [0.1, 0.15) is 23.2 Å². The third kappa shape index (κ3) is 1.66. The van der Waals surface area contributed by atoms with E-state index in [0.29, 0.717) is 28.8 Å². The highest BCUT2D eigenvalue weighted by Crippen LogP contribution is 2.20. The molecular weight excluding hydrogens is 232 g/mol. The van der Waals surface area contributed by atoms with Crippen molar-refractivity contribution in [1.29, 1.82) is 5.26 Å². The van der Waals surface area contributed by atoms with E-state index in [9.17, 15) is 0 Å². The Balaban J connectivity index is 1.96. The summed E-state index contributed by atoms with van der Waals surface area (Å²) < 4.78 is 6.78. The summed E-state index contributed by atoms with van der Waals surface area (Å²) in [5, 5.41) is 16.7. The normalized spacial score (nSPS) is 10.4. The van der Waals surface area contributed by atoms with Gasteiger partial charge in [-0.25, -0.2) is 0 Å². The Bertz CT molecular complexity index is 729. The van der Waals surface area contributed by atoms with Crippen LogP contribution in [0.4, 0.5) is 0 Å². The van der Waals surface area contributed by atoms with Crippen molar-refractivity contribution in [2.75, 3.05) is 0 Å². The fourth-order valence-corrected chi connectivity index (χ4v) is 1.56. The minimum atomic E-state index is 0.331. The predicted molar refractivity (Wildman–Crippen MR) is 61.0 cm³/mol. The second-order valence-corrected chi connectivity index (χ2v) is 3.70. The molecule has 3 aromatic rings. The Morgan fingerprint density at radius 1 is 1.39 bits per heavy atom. The number of aromatic amines is 1. The molecule has 3 heterocycles. The lowest BCUT2D eigenvalue weighted by Gasteiger charge is -1.86. The summed E-state index contributed by atoms with van der Waals surface area (Å²) in [7, 11) is 1.81. The van der Waals surface area contributed by atoms with Crippen LogP contribution in [0.2, 0.25) is 0 Å². The zero-order valence-electron chi connectivity index (χ0n) is 9.45. The molecule has 0 bridgehead atoms. The van der Waals surface area contributed by atoms with Gasteiger partial charge in [0.25, 0.3) is 5.89 Å². The summed E-state index contributed by atoms with van der Waals surface area (Å²) in [4.78, 5) is 7.08. The van der Waals surface area contributed by atoms with Gasteiger partial charge in [0.05, 0.1) is 0 Å². The van der Waals surface area contributed by atoms with Crippen molar-refractivity contribution < 1.29 is 4.52 Å². The average Bonchev–Trinajstić information content (AvgIpc) is 3.07. The van der Waals surface area contributed by atoms with Gasteiger partial charge in [-0.1, -0.05) is 5.16 Å². The maximum atomic E-state index is 8.72. The third-order valence-corrected chi connectivity index (χ3v) is 2.41. The van der Waals surface area contributed by atoms with E-state index in [-0.39, 0.29) is 0 Å². The maximum Gasteiger partial charge on any atom is 0.274 e. The Morgan fingerprint density at radius 2 is 2.28 bits per heavy atom. The van der Waals surface area contributed by atoms with E-state index in [1.165, 1.54) is 0 Å². The van der Waals surface area contributed by atoms with Crippen LogP contribution in [-0.4, -0.2) is 24.9 Å². The molecule has 0 aliphatic heterocycles. The fraction of sp³-hybridized carbons (Fsp3) is 0.0909. The van der Waals surface area contributed by atoms with E-state index < -0.39 is 0 Å². The van der Waals surface area contributed by atoms with Crippen molar-refractivity contribution in [3.8, 4) is 29.2 Å². The van der Waals surface area contributed by atoms with Crippen molar-refractivity contribution in [1.82, 2.24) is 24.9 Å². The third-order valence-electron chi connectivity index (χ3n) is 2.41. The number of nitrogens with one attached hydrogen (secondary N) is 1. The quantitative estimate of drug-likeness (QED) is 0.729. The summed E-state index contributed by atoms with van der Waals surface area (Å²) in [6, 6.07) is 7.16. The van der Waals surface area contributed by atoms with Gasteiger partial charge in [-0.3, -0.25) is 4.68 Å². The lowest BCUT2D eigenvalue weighted by atomic mass is 10.4. The second-order valence-electron chi connectivity index (χ2n) is 3.70. The van der Waals surface area contributed by atoms with Crippen LogP contribution >= 0.6 is 0 Å². The van der Waals surface area contributed by atoms with Crippen LogP contribution in [0.15, 0.2) is 28.9 Å². The molecule has 3 aromatic heterocycles. The number of hydrogen-bond donors (Lipinski definition) is 1. The predicted octanol–water partition coefficient (Wildman–Crippen LogP) is 1.34. The molecule has 7 nitrogen and oxygen atoms in total. The molecule has 0 radical (unpaired) electrons. The molecule has 0 aliphatic carbocycles. The van der Waals surface area contributed by atoms with Crippen molar-refractivity contribution in [2.45, 2.75) is 0 Å². The summed E-state index contributed by atoms with van der Waals surface area (Å²) in [5.74, 6) is 0.746. The van der Waals surface area contributed by atoms with Crippen molar-refractivity contribution in [2.24, 2.45) is 7.05 Å². The zero-order valence-corrected chi connectivity index (χ0v) is 9.45. The Morgan fingerprint density at radius 3 is 2.94 bits per heavy atom. The van der Waals surface area contributed by atoms with Gasteiger partial charge < -0.3 is 9.51 Å². The SMILES string of the molecule is Cn1ccc(-c2noc(-c3ccc(C#N)[nH]3)n2)n1. The molecule has 0 atom stereocenters. The smallest absolute Gasteiger partial charge is 0.274 e. The largest absolute Gasteiger partial charge is 0.342 e. The van der Waals surface area contributed by atoms with Crippen molar-refractivity contribution in [3.63, 3.8) is 0 Å². The Kier molecular flexibility index (Phi) is 2.20. The van der Waals surface area contributed by atoms with Gasteiger partial charge >= 0.3 is 0 Å². The van der Waals surface area contributed by atoms with Crippen LogP contribution in [-0.2, 0) is 7.05 Å². The number of nitriles is 1. The Labute approximate surface area is 102 Å². The summed E-state index contributed by atoms with van der Waals surface area (Å²) in [6.45, 7) is 0. The first-order chi connectivity index (χ1) is 8.76. The molecule has 0 amide bonds. The molecule has 3 rings (SSSR count). The van der Waals surface area contributed by atoms with Gasteiger partial charge in [-0.15, -0.1) is 0 Å². The highest BCUT2D eigenvalue weighted by molar-refractivity contribution is 5.55. The number of hydrogen-bond acceptors (Lipinski definition) is 5. The van der Waals surface area contributed by atoms with Crippen molar-refractivity contribution >= 4 is 0 Å². The van der Waals surface area contributed by atoms with Crippen LogP contribution in [0, 0.1) is 11.3 Å². The van der Waals surface area contributed by atoms with Gasteiger partial charge in [0.2, 0.25) is 5.82 Å². The number of H-pyrrole nitrogens is 1. The highest BCUT2D eigenvalue weighted by atomic mass is 16.5. The van der Waals surface area contributed by atoms with Crippen LogP contribution in [0.25, 0.3) is 23.1 Å². The number of rotatable bonds is 2. The summed E-state index contributed by atoms with van der Waals surface area (Å²) >= 11 is 0. The molecule has 1 N–H and O–H groups in total. The number of aromatic nitrogens is 5. The molecule has 0 aromatic carbocycles. The monoisotopic (exact) mass is 240 g/mol. The van der Waals surface area contributed by atoms with E-state index in [1.807, 2.05) is 13.1 Å².